The molecule has 0 saturated carbocycles. The third-order valence-electron chi connectivity index (χ3n) is 4.53. The lowest BCUT2D eigenvalue weighted by Crippen LogP contribution is -2.33. The van der Waals surface area contributed by atoms with E-state index in [-0.39, 0.29) is 5.91 Å². The van der Waals surface area contributed by atoms with Gasteiger partial charge in [-0.15, -0.1) is 0 Å². The zero-order valence-corrected chi connectivity index (χ0v) is 16.8. The lowest BCUT2D eigenvalue weighted by Gasteiger charge is -2.28. The van der Waals surface area contributed by atoms with Crippen molar-refractivity contribution in [1.29, 1.82) is 0 Å². The number of hydrogen-bond acceptors (Lipinski definition) is 6. The molecule has 1 aliphatic rings. The van der Waals surface area contributed by atoms with Crippen LogP contribution in [-0.4, -0.2) is 51.7 Å². The summed E-state index contributed by atoms with van der Waals surface area (Å²) in [7, 11) is 0. The standard InChI is InChI=1S/C20H23N5O2S/c1-3-27-18-7-5-4-6-15(18)22-20(26)16-12-17-19(24-8-10-28-11-9-24)21-14(2)13-25(17)23-16/h4-7,12-13H,3,8-11H2,1-2H3,(H,22,26). The number of hydrogen-bond donors (Lipinski definition) is 1. The summed E-state index contributed by atoms with van der Waals surface area (Å²) in [6, 6.07) is 9.21. The predicted octanol–water partition coefficient (Wildman–Crippen LogP) is 3.24. The van der Waals surface area contributed by atoms with Crippen molar-refractivity contribution in [2.45, 2.75) is 13.8 Å². The van der Waals surface area contributed by atoms with Gasteiger partial charge in [0.1, 0.15) is 11.3 Å². The monoisotopic (exact) mass is 397 g/mol. The molecule has 0 bridgehead atoms. The Morgan fingerprint density at radius 1 is 1.29 bits per heavy atom. The molecule has 146 valence electrons. The molecule has 1 aliphatic heterocycles. The van der Waals surface area contributed by atoms with Crippen LogP contribution in [0.4, 0.5) is 11.5 Å². The van der Waals surface area contributed by atoms with Gasteiger partial charge in [0, 0.05) is 30.7 Å². The van der Waals surface area contributed by atoms with E-state index in [0.29, 0.717) is 23.7 Å². The molecule has 28 heavy (non-hydrogen) atoms. The number of benzene rings is 1. The fraction of sp³-hybridized carbons (Fsp3) is 0.350. The van der Waals surface area contributed by atoms with E-state index in [0.717, 1.165) is 41.6 Å². The number of thioether (sulfide) groups is 1. The SMILES string of the molecule is CCOc1ccccc1NC(=O)c1cc2c(N3CCSCC3)nc(C)cn2n1. The summed E-state index contributed by atoms with van der Waals surface area (Å²) in [4.78, 5) is 19.8. The normalized spacial score (nSPS) is 14.3. The van der Waals surface area contributed by atoms with Gasteiger partial charge < -0.3 is 15.0 Å². The van der Waals surface area contributed by atoms with Crippen molar-refractivity contribution >= 4 is 34.7 Å². The summed E-state index contributed by atoms with van der Waals surface area (Å²) in [5.74, 6) is 3.43. The Bertz CT molecular complexity index is 997. The van der Waals surface area contributed by atoms with Crippen LogP contribution in [0.25, 0.3) is 5.52 Å². The van der Waals surface area contributed by atoms with Crippen LogP contribution < -0.4 is 15.0 Å². The molecular weight excluding hydrogens is 374 g/mol. The Labute approximate surface area is 168 Å². The number of nitrogens with zero attached hydrogens (tertiary/aromatic N) is 4. The third-order valence-corrected chi connectivity index (χ3v) is 5.48. The minimum atomic E-state index is -0.270. The van der Waals surface area contributed by atoms with E-state index in [1.165, 1.54) is 0 Å². The van der Waals surface area contributed by atoms with Crippen molar-refractivity contribution < 1.29 is 9.53 Å². The fourth-order valence-corrected chi connectivity index (χ4v) is 4.15. The van der Waals surface area contributed by atoms with Gasteiger partial charge in [-0.1, -0.05) is 12.1 Å². The van der Waals surface area contributed by atoms with Crippen molar-refractivity contribution in [2.24, 2.45) is 0 Å². The number of anilines is 2. The number of nitrogens with one attached hydrogen (secondary N) is 1. The van der Waals surface area contributed by atoms with Crippen molar-refractivity contribution in [3.63, 3.8) is 0 Å². The molecule has 1 N–H and O–H groups in total. The third kappa shape index (κ3) is 3.77. The number of fused-ring (bicyclic) bond motifs is 1. The number of rotatable bonds is 5. The molecule has 3 aromatic rings. The Kier molecular flexibility index (Phi) is 5.38. The number of aromatic nitrogens is 3. The first kappa shape index (κ1) is 18.6. The molecule has 7 nitrogen and oxygen atoms in total. The molecule has 0 radical (unpaired) electrons. The molecule has 3 heterocycles. The van der Waals surface area contributed by atoms with Crippen molar-refractivity contribution in [1.82, 2.24) is 14.6 Å². The highest BCUT2D eigenvalue weighted by Gasteiger charge is 2.20. The van der Waals surface area contributed by atoms with Crippen molar-refractivity contribution in [2.75, 3.05) is 41.4 Å². The molecule has 2 aromatic heterocycles. The predicted molar refractivity (Wildman–Crippen MR) is 113 cm³/mol. The molecule has 8 heteroatoms. The summed E-state index contributed by atoms with van der Waals surface area (Å²) < 4.78 is 7.34. The number of ether oxygens (including phenoxy) is 1. The summed E-state index contributed by atoms with van der Waals surface area (Å²) >= 11 is 1.95. The van der Waals surface area contributed by atoms with Crippen LogP contribution in [-0.2, 0) is 0 Å². The van der Waals surface area contributed by atoms with Crippen LogP contribution in [0.15, 0.2) is 36.5 Å². The van der Waals surface area contributed by atoms with Crippen LogP contribution in [0.2, 0.25) is 0 Å². The molecule has 0 aliphatic carbocycles. The maximum absolute atomic E-state index is 12.8. The quantitative estimate of drug-likeness (QED) is 0.713. The van der Waals surface area contributed by atoms with Crippen LogP contribution in [0.1, 0.15) is 23.1 Å². The number of aryl methyl sites for hydroxylation is 1. The number of carbonyl (C=O) groups is 1. The smallest absolute Gasteiger partial charge is 0.276 e. The first-order chi connectivity index (χ1) is 13.7. The maximum Gasteiger partial charge on any atom is 0.276 e. The maximum atomic E-state index is 12.8. The van der Waals surface area contributed by atoms with Crippen LogP contribution in [0.3, 0.4) is 0 Å². The van der Waals surface area contributed by atoms with Gasteiger partial charge in [0.05, 0.1) is 24.2 Å². The average molecular weight is 398 g/mol. The second-order valence-electron chi connectivity index (χ2n) is 6.55. The molecule has 1 saturated heterocycles. The highest BCUT2D eigenvalue weighted by atomic mass is 32.2. The van der Waals surface area contributed by atoms with Gasteiger partial charge in [0.25, 0.3) is 5.91 Å². The second kappa shape index (κ2) is 8.10. The van der Waals surface area contributed by atoms with Gasteiger partial charge >= 0.3 is 0 Å². The van der Waals surface area contributed by atoms with Crippen LogP contribution >= 0.6 is 11.8 Å². The van der Waals surface area contributed by atoms with Crippen molar-refractivity contribution in [3.05, 3.63) is 47.9 Å². The Hall–Kier alpha value is -2.74. The van der Waals surface area contributed by atoms with E-state index in [2.05, 4.69) is 15.3 Å². The summed E-state index contributed by atoms with van der Waals surface area (Å²) in [6.45, 7) is 6.29. The first-order valence-corrected chi connectivity index (χ1v) is 10.5. The van der Waals surface area contributed by atoms with E-state index >= 15 is 0 Å². The lowest BCUT2D eigenvalue weighted by atomic mass is 10.2. The summed E-state index contributed by atoms with van der Waals surface area (Å²) in [5, 5.41) is 7.40. The topological polar surface area (TPSA) is 71.8 Å². The zero-order chi connectivity index (χ0) is 19.5. The minimum absolute atomic E-state index is 0.270. The minimum Gasteiger partial charge on any atom is -0.492 e. The van der Waals surface area contributed by atoms with Gasteiger partial charge in [-0.25, -0.2) is 9.50 Å². The lowest BCUT2D eigenvalue weighted by molar-refractivity contribution is 0.102. The Balaban J connectivity index is 1.65. The van der Waals surface area contributed by atoms with Crippen LogP contribution in [0.5, 0.6) is 5.75 Å². The second-order valence-corrected chi connectivity index (χ2v) is 7.77. The molecule has 0 atom stereocenters. The van der Waals surface area contributed by atoms with E-state index < -0.39 is 0 Å². The molecule has 0 unspecified atom stereocenters. The largest absolute Gasteiger partial charge is 0.492 e. The summed E-state index contributed by atoms with van der Waals surface area (Å²) in [6.07, 6.45) is 1.85. The first-order valence-electron chi connectivity index (χ1n) is 9.38. The molecular formula is C20H23N5O2S. The molecule has 4 rings (SSSR count). The molecule has 0 spiro atoms. The van der Waals surface area contributed by atoms with Gasteiger partial charge in [-0.3, -0.25) is 4.79 Å². The highest BCUT2D eigenvalue weighted by molar-refractivity contribution is 7.99. The van der Waals surface area contributed by atoms with E-state index in [9.17, 15) is 4.79 Å². The summed E-state index contributed by atoms with van der Waals surface area (Å²) in [5.41, 5.74) is 2.71. The van der Waals surface area contributed by atoms with Crippen molar-refractivity contribution in [3.8, 4) is 5.75 Å². The molecule has 1 amide bonds. The number of amides is 1. The van der Waals surface area contributed by atoms with E-state index in [1.807, 2.05) is 62.1 Å². The van der Waals surface area contributed by atoms with Crippen LogP contribution in [0, 0.1) is 6.92 Å². The van der Waals surface area contributed by atoms with Gasteiger partial charge in [-0.05, 0) is 26.0 Å². The van der Waals surface area contributed by atoms with E-state index in [1.54, 1.807) is 4.52 Å². The Morgan fingerprint density at radius 3 is 2.86 bits per heavy atom. The van der Waals surface area contributed by atoms with E-state index in [4.69, 9.17) is 9.72 Å². The zero-order valence-electron chi connectivity index (χ0n) is 16.0. The fourth-order valence-electron chi connectivity index (χ4n) is 3.25. The van der Waals surface area contributed by atoms with Gasteiger partial charge in [0.2, 0.25) is 0 Å². The molecule has 1 fully saturated rings. The highest BCUT2D eigenvalue weighted by Crippen LogP contribution is 2.26. The number of carbonyl (C=O) groups excluding carboxylic acids is 1. The molecule has 1 aromatic carbocycles. The number of para-hydroxylation sites is 2. The van der Waals surface area contributed by atoms with Gasteiger partial charge in [0.15, 0.2) is 11.5 Å². The Morgan fingerprint density at radius 2 is 2.07 bits per heavy atom. The van der Waals surface area contributed by atoms with Gasteiger partial charge in [-0.2, -0.15) is 16.9 Å². The average Bonchev–Trinajstić information content (AvgIpc) is 3.14.